The Morgan fingerprint density at radius 1 is 0.871 bits per heavy atom. The molecule has 0 saturated carbocycles. The van der Waals surface area contributed by atoms with Crippen LogP contribution in [-0.4, -0.2) is 37.8 Å². The van der Waals surface area contributed by atoms with Crippen LogP contribution in [0.25, 0.3) is 0 Å². The summed E-state index contributed by atoms with van der Waals surface area (Å²) < 4.78 is 0. The highest BCUT2D eigenvalue weighted by atomic mass is 16.6. The molecule has 154 valence electrons. The number of aromatic hydroxyl groups is 2. The van der Waals surface area contributed by atoms with Crippen LogP contribution >= 0.6 is 0 Å². The molecule has 1 aliphatic carbocycles. The number of benzene rings is 3. The number of nitrogens with zero attached hydrogens (tertiary/aromatic N) is 1. The molecular formula is C21H12N2O8. The molecule has 0 saturated heterocycles. The Morgan fingerprint density at radius 3 is 2.13 bits per heavy atom. The van der Waals surface area contributed by atoms with E-state index in [2.05, 4.69) is 5.32 Å². The third kappa shape index (κ3) is 3.02. The highest BCUT2D eigenvalue weighted by Crippen LogP contribution is 2.43. The van der Waals surface area contributed by atoms with Gasteiger partial charge < -0.3 is 20.6 Å². The molecule has 0 radical (unpaired) electrons. The van der Waals surface area contributed by atoms with E-state index in [1.165, 1.54) is 30.3 Å². The number of hydrogen-bond donors (Lipinski definition) is 4. The molecule has 0 spiro atoms. The number of carboxylic acid groups (broad SMARTS) is 1. The number of ketones is 2. The van der Waals surface area contributed by atoms with E-state index < -0.39 is 56.3 Å². The molecule has 0 amide bonds. The molecule has 4 rings (SSSR count). The van der Waals surface area contributed by atoms with Gasteiger partial charge in [-0.3, -0.25) is 19.7 Å². The number of aromatic carboxylic acids is 1. The van der Waals surface area contributed by atoms with Gasteiger partial charge in [0.1, 0.15) is 17.1 Å². The van der Waals surface area contributed by atoms with Crippen molar-refractivity contribution in [1.82, 2.24) is 0 Å². The molecule has 0 heterocycles. The van der Waals surface area contributed by atoms with Crippen LogP contribution in [0, 0.1) is 10.1 Å². The second-order valence-corrected chi connectivity index (χ2v) is 6.66. The van der Waals surface area contributed by atoms with E-state index >= 15 is 0 Å². The zero-order chi connectivity index (χ0) is 22.4. The molecule has 4 N–H and O–H groups in total. The normalized spacial score (nSPS) is 12.1. The Bertz CT molecular complexity index is 1330. The van der Waals surface area contributed by atoms with Crippen LogP contribution in [0.15, 0.2) is 48.5 Å². The first-order valence-electron chi connectivity index (χ1n) is 8.76. The van der Waals surface area contributed by atoms with Gasteiger partial charge in [-0.2, -0.15) is 0 Å². The van der Waals surface area contributed by atoms with Gasteiger partial charge in [0, 0.05) is 11.8 Å². The number of phenolic OH excluding ortho intramolecular Hbond substituents is 2. The highest BCUT2D eigenvalue weighted by molar-refractivity contribution is 6.33. The Labute approximate surface area is 173 Å². The summed E-state index contributed by atoms with van der Waals surface area (Å²) in [5.74, 6) is -4.25. The van der Waals surface area contributed by atoms with Crippen LogP contribution in [0.4, 0.5) is 17.1 Å². The van der Waals surface area contributed by atoms with Gasteiger partial charge in [-0.25, -0.2) is 4.79 Å². The second-order valence-electron chi connectivity index (χ2n) is 6.66. The number of hydrogen-bond acceptors (Lipinski definition) is 8. The number of nitrogens with one attached hydrogen (secondary N) is 1. The first-order chi connectivity index (χ1) is 14.7. The topological polar surface area (TPSA) is 167 Å². The van der Waals surface area contributed by atoms with E-state index in [0.29, 0.717) is 0 Å². The molecule has 1 aliphatic rings. The number of carboxylic acids is 1. The molecule has 10 nitrogen and oxygen atoms in total. The highest BCUT2D eigenvalue weighted by Gasteiger charge is 2.40. The lowest BCUT2D eigenvalue weighted by molar-refractivity contribution is -0.385. The minimum atomic E-state index is -1.18. The number of nitro benzene ring substituents is 1. The molecule has 0 bridgehead atoms. The lowest BCUT2D eigenvalue weighted by atomic mass is 9.81. The van der Waals surface area contributed by atoms with E-state index in [-0.39, 0.29) is 22.5 Å². The molecule has 0 aliphatic heterocycles. The maximum Gasteiger partial charge on any atom is 0.335 e. The first kappa shape index (κ1) is 19.6. The van der Waals surface area contributed by atoms with Crippen molar-refractivity contribution in [3.63, 3.8) is 0 Å². The van der Waals surface area contributed by atoms with Crippen LogP contribution in [0.1, 0.15) is 42.2 Å². The SMILES string of the molecule is O=C(O)c1cccc(Nc2ccc(O)c3c2C(=O)c2c([N+](=O)[O-])ccc(O)c2C3=O)c1. The predicted molar refractivity (Wildman–Crippen MR) is 106 cm³/mol. The summed E-state index contributed by atoms with van der Waals surface area (Å²) >= 11 is 0. The fraction of sp³-hybridized carbons (Fsp3) is 0. The fourth-order valence-electron chi connectivity index (χ4n) is 3.49. The second kappa shape index (κ2) is 6.95. The van der Waals surface area contributed by atoms with Gasteiger partial charge in [-0.15, -0.1) is 0 Å². The van der Waals surface area contributed by atoms with Crippen molar-refractivity contribution in [2.75, 3.05) is 5.32 Å². The number of fused-ring (bicyclic) bond motifs is 2. The molecule has 10 heteroatoms. The summed E-state index contributed by atoms with van der Waals surface area (Å²) in [4.78, 5) is 48.1. The first-order valence-corrected chi connectivity index (χ1v) is 8.76. The predicted octanol–water partition coefficient (Wildman–Crippen LogP) is 3.22. The van der Waals surface area contributed by atoms with Gasteiger partial charge in [0.05, 0.1) is 32.9 Å². The summed E-state index contributed by atoms with van der Waals surface area (Å²) in [6, 6.07) is 9.90. The third-order valence-electron chi connectivity index (χ3n) is 4.84. The Balaban J connectivity index is 1.93. The van der Waals surface area contributed by atoms with Crippen molar-refractivity contribution in [2.24, 2.45) is 0 Å². The van der Waals surface area contributed by atoms with Gasteiger partial charge in [0.25, 0.3) is 5.69 Å². The Kier molecular flexibility index (Phi) is 4.39. The van der Waals surface area contributed by atoms with Gasteiger partial charge in [0.2, 0.25) is 11.6 Å². The van der Waals surface area contributed by atoms with Crippen LogP contribution in [0.3, 0.4) is 0 Å². The lowest BCUT2D eigenvalue weighted by Gasteiger charge is -2.22. The zero-order valence-electron chi connectivity index (χ0n) is 15.4. The Morgan fingerprint density at radius 2 is 1.48 bits per heavy atom. The largest absolute Gasteiger partial charge is 0.507 e. The molecule has 0 fully saturated rings. The van der Waals surface area contributed by atoms with E-state index in [9.17, 15) is 34.7 Å². The van der Waals surface area contributed by atoms with Crippen molar-refractivity contribution in [3.05, 3.63) is 86.5 Å². The van der Waals surface area contributed by atoms with Crippen LogP contribution in [0.5, 0.6) is 11.5 Å². The maximum absolute atomic E-state index is 13.3. The molecular weight excluding hydrogens is 408 g/mol. The van der Waals surface area contributed by atoms with Crippen molar-refractivity contribution < 1.29 is 34.6 Å². The van der Waals surface area contributed by atoms with E-state index in [1.54, 1.807) is 0 Å². The summed E-state index contributed by atoms with van der Waals surface area (Å²) in [6.07, 6.45) is 0. The smallest absolute Gasteiger partial charge is 0.335 e. The Hall–Kier alpha value is -4.73. The van der Waals surface area contributed by atoms with Crippen molar-refractivity contribution in [3.8, 4) is 11.5 Å². The van der Waals surface area contributed by atoms with Crippen molar-refractivity contribution in [1.29, 1.82) is 0 Å². The number of nitro groups is 1. The summed E-state index contributed by atoms with van der Waals surface area (Å²) in [6.45, 7) is 0. The van der Waals surface area contributed by atoms with E-state index in [4.69, 9.17) is 5.11 Å². The summed E-state index contributed by atoms with van der Waals surface area (Å²) in [7, 11) is 0. The molecule has 3 aromatic rings. The third-order valence-corrected chi connectivity index (χ3v) is 4.84. The van der Waals surface area contributed by atoms with Crippen LogP contribution < -0.4 is 5.32 Å². The minimum absolute atomic E-state index is 0.0250. The summed E-state index contributed by atoms with van der Waals surface area (Å²) in [5, 5.41) is 43.8. The standard InChI is InChI=1S/C21H12N2O8/c24-13-6-4-11(22-10-3-1-2-9(8-10)21(28)29)15-17(13)20(27)18-14(25)7-5-12(23(30)31)16(18)19(15)26/h1-8,22,24-25H,(H,28,29). The van der Waals surface area contributed by atoms with Gasteiger partial charge >= 0.3 is 5.97 Å². The van der Waals surface area contributed by atoms with Crippen molar-refractivity contribution >= 4 is 34.6 Å². The lowest BCUT2D eigenvalue weighted by Crippen LogP contribution is -2.23. The molecule has 0 aromatic heterocycles. The number of anilines is 2. The van der Waals surface area contributed by atoms with Crippen LogP contribution in [-0.2, 0) is 0 Å². The fourth-order valence-corrected chi connectivity index (χ4v) is 3.49. The molecule has 31 heavy (non-hydrogen) atoms. The van der Waals surface area contributed by atoms with Gasteiger partial charge in [-0.1, -0.05) is 6.07 Å². The van der Waals surface area contributed by atoms with Crippen molar-refractivity contribution in [2.45, 2.75) is 0 Å². The van der Waals surface area contributed by atoms with Gasteiger partial charge in [-0.05, 0) is 36.4 Å². The average Bonchev–Trinajstić information content (AvgIpc) is 2.72. The zero-order valence-corrected chi connectivity index (χ0v) is 15.4. The average molecular weight is 420 g/mol. The minimum Gasteiger partial charge on any atom is -0.507 e. The maximum atomic E-state index is 13.3. The molecule has 0 unspecified atom stereocenters. The number of rotatable bonds is 4. The molecule has 0 atom stereocenters. The van der Waals surface area contributed by atoms with Crippen LogP contribution in [0.2, 0.25) is 0 Å². The quantitative estimate of drug-likeness (QED) is 0.220. The van der Waals surface area contributed by atoms with E-state index in [1.807, 2.05) is 0 Å². The number of carbonyl (C=O) groups excluding carboxylic acids is 2. The summed E-state index contributed by atoms with van der Waals surface area (Å²) in [5.41, 5.74) is -2.31. The van der Waals surface area contributed by atoms with E-state index in [0.717, 1.165) is 18.2 Å². The number of phenols is 2. The van der Waals surface area contributed by atoms with Gasteiger partial charge in [0.15, 0.2) is 0 Å². The number of carbonyl (C=O) groups is 3. The molecule has 3 aromatic carbocycles. The monoisotopic (exact) mass is 420 g/mol.